The summed E-state index contributed by atoms with van der Waals surface area (Å²) in [4.78, 5) is 0. The van der Waals surface area contributed by atoms with Gasteiger partial charge in [0.15, 0.2) is 0 Å². The Hall–Kier alpha value is -0.160. The Kier molecular flexibility index (Phi) is 3.79. The molecule has 0 aromatic carbocycles. The van der Waals surface area contributed by atoms with Crippen molar-refractivity contribution in [3.63, 3.8) is 0 Å². The molecule has 0 bridgehead atoms. The van der Waals surface area contributed by atoms with Crippen molar-refractivity contribution in [3.05, 3.63) is 0 Å². The molecule has 0 radical (unpaired) electrons. The maximum atomic E-state index is 5.02. The Labute approximate surface area is 67.4 Å². The van der Waals surface area contributed by atoms with Crippen LogP contribution in [0.3, 0.4) is 0 Å². The minimum atomic E-state index is 0.468. The summed E-state index contributed by atoms with van der Waals surface area (Å²) in [5.41, 5.74) is 3.28. The molecular formula is C7H16N2O2. The van der Waals surface area contributed by atoms with Gasteiger partial charge >= 0.3 is 0 Å². The standard InChI is InChI=1S/C7H16N2O2/c1-10-5-7-3-4-9(8-7)6-11-2/h7-8H,3-6H2,1-2H3/t7-/m0/s1. The topological polar surface area (TPSA) is 33.7 Å². The van der Waals surface area contributed by atoms with E-state index in [0.29, 0.717) is 12.8 Å². The average Bonchev–Trinajstić information content (AvgIpc) is 2.38. The van der Waals surface area contributed by atoms with Crippen molar-refractivity contribution in [2.24, 2.45) is 0 Å². The Morgan fingerprint density at radius 1 is 1.45 bits per heavy atom. The fourth-order valence-corrected chi connectivity index (χ4v) is 1.28. The summed E-state index contributed by atoms with van der Waals surface area (Å²) in [5, 5.41) is 2.06. The zero-order chi connectivity index (χ0) is 8.10. The largest absolute Gasteiger partial charge is 0.383 e. The second-order valence-corrected chi connectivity index (χ2v) is 2.75. The van der Waals surface area contributed by atoms with E-state index in [9.17, 15) is 0 Å². The number of nitrogens with zero attached hydrogens (tertiary/aromatic N) is 1. The lowest BCUT2D eigenvalue weighted by Crippen LogP contribution is -2.38. The molecule has 1 heterocycles. The number of hydrazine groups is 1. The molecule has 1 saturated heterocycles. The van der Waals surface area contributed by atoms with E-state index in [1.54, 1.807) is 14.2 Å². The summed E-state index contributed by atoms with van der Waals surface area (Å²) >= 11 is 0. The van der Waals surface area contributed by atoms with Crippen LogP contribution in [0.25, 0.3) is 0 Å². The molecule has 0 spiro atoms. The predicted octanol–water partition coefficient (Wildman–Crippen LogP) is -0.184. The summed E-state index contributed by atoms with van der Waals surface area (Å²) in [7, 11) is 3.42. The second kappa shape index (κ2) is 4.66. The van der Waals surface area contributed by atoms with Gasteiger partial charge in [0.25, 0.3) is 0 Å². The van der Waals surface area contributed by atoms with Crippen LogP contribution < -0.4 is 5.43 Å². The zero-order valence-corrected chi connectivity index (χ0v) is 7.17. The second-order valence-electron chi connectivity index (χ2n) is 2.75. The lowest BCUT2D eigenvalue weighted by Gasteiger charge is -2.15. The Morgan fingerprint density at radius 2 is 2.27 bits per heavy atom. The van der Waals surface area contributed by atoms with Crippen LogP contribution in [0.1, 0.15) is 6.42 Å². The molecule has 11 heavy (non-hydrogen) atoms. The van der Waals surface area contributed by atoms with Crippen molar-refractivity contribution in [1.29, 1.82) is 0 Å². The highest BCUT2D eigenvalue weighted by Crippen LogP contribution is 2.04. The SMILES string of the molecule is COC[C@@H]1CCN(COC)N1. The lowest BCUT2D eigenvalue weighted by molar-refractivity contribution is 0.0396. The van der Waals surface area contributed by atoms with Gasteiger partial charge in [0.05, 0.1) is 6.61 Å². The molecule has 1 fully saturated rings. The van der Waals surface area contributed by atoms with Crippen molar-refractivity contribution in [2.75, 3.05) is 34.1 Å². The van der Waals surface area contributed by atoms with E-state index in [4.69, 9.17) is 9.47 Å². The van der Waals surface area contributed by atoms with Gasteiger partial charge in [-0.3, -0.25) is 0 Å². The molecule has 1 N–H and O–H groups in total. The van der Waals surface area contributed by atoms with Gasteiger partial charge in [0.2, 0.25) is 0 Å². The molecule has 0 aliphatic carbocycles. The highest BCUT2D eigenvalue weighted by Gasteiger charge is 2.20. The normalized spacial score (nSPS) is 26.2. The van der Waals surface area contributed by atoms with Gasteiger partial charge < -0.3 is 9.47 Å². The lowest BCUT2D eigenvalue weighted by atomic mass is 10.2. The molecule has 1 rings (SSSR count). The first kappa shape index (κ1) is 8.93. The van der Waals surface area contributed by atoms with Gasteiger partial charge in [-0.2, -0.15) is 0 Å². The quantitative estimate of drug-likeness (QED) is 0.618. The molecule has 66 valence electrons. The van der Waals surface area contributed by atoms with Crippen LogP contribution in [0.2, 0.25) is 0 Å². The van der Waals surface area contributed by atoms with Crippen LogP contribution in [-0.4, -0.2) is 45.2 Å². The number of hydrogen-bond donors (Lipinski definition) is 1. The molecule has 0 aromatic heterocycles. The van der Waals surface area contributed by atoms with E-state index in [1.807, 2.05) is 0 Å². The van der Waals surface area contributed by atoms with Crippen LogP contribution in [0.15, 0.2) is 0 Å². The monoisotopic (exact) mass is 160 g/mol. The third-order valence-electron chi connectivity index (χ3n) is 1.77. The third-order valence-corrected chi connectivity index (χ3v) is 1.77. The van der Waals surface area contributed by atoms with Crippen LogP contribution >= 0.6 is 0 Å². The molecule has 4 nitrogen and oxygen atoms in total. The van der Waals surface area contributed by atoms with Crippen molar-refractivity contribution >= 4 is 0 Å². The number of methoxy groups -OCH3 is 2. The van der Waals surface area contributed by atoms with Gasteiger partial charge in [-0.05, 0) is 6.42 Å². The first-order valence-corrected chi connectivity index (χ1v) is 3.86. The summed E-state index contributed by atoms with van der Waals surface area (Å²) in [6, 6.07) is 0.468. The van der Waals surface area contributed by atoms with Gasteiger partial charge in [-0.25, -0.2) is 10.4 Å². The number of nitrogens with one attached hydrogen (secondary N) is 1. The van der Waals surface area contributed by atoms with Crippen molar-refractivity contribution in [2.45, 2.75) is 12.5 Å². The molecule has 0 amide bonds. The molecule has 0 saturated carbocycles. The van der Waals surface area contributed by atoms with Crippen LogP contribution in [0, 0.1) is 0 Å². The summed E-state index contributed by atoms with van der Waals surface area (Å²) in [6.45, 7) is 2.47. The fourth-order valence-electron chi connectivity index (χ4n) is 1.28. The van der Waals surface area contributed by atoms with Crippen LogP contribution in [0.4, 0.5) is 0 Å². The third kappa shape index (κ3) is 2.75. The van der Waals surface area contributed by atoms with Gasteiger partial charge in [0.1, 0.15) is 6.73 Å². The Bertz CT molecular complexity index is 98.6. The fraction of sp³-hybridized carbons (Fsp3) is 1.00. The summed E-state index contributed by atoms with van der Waals surface area (Å²) in [6.07, 6.45) is 1.14. The van der Waals surface area contributed by atoms with Gasteiger partial charge in [0, 0.05) is 26.8 Å². The van der Waals surface area contributed by atoms with E-state index in [0.717, 1.165) is 19.6 Å². The first-order chi connectivity index (χ1) is 5.36. The minimum absolute atomic E-state index is 0.468. The van der Waals surface area contributed by atoms with Crippen LogP contribution in [-0.2, 0) is 9.47 Å². The summed E-state index contributed by atoms with van der Waals surface area (Å²) < 4.78 is 10.00. The van der Waals surface area contributed by atoms with E-state index in [-0.39, 0.29) is 0 Å². The minimum Gasteiger partial charge on any atom is -0.383 e. The first-order valence-electron chi connectivity index (χ1n) is 3.86. The smallest absolute Gasteiger partial charge is 0.111 e. The Balaban J connectivity index is 2.12. The maximum Gasteiger partial charge on any atom is 0.111 e. The molecule has 0 aromatic rings. The van der Waals surface area contributed by atoms with E-state index < -0.39 is 0 Å². The molecule has 1 atom stereocenters. The molecule has 4 heteroatoms. The van der Waals surface area contributed by atoms with E-state index in [2.05, 4.69) is 10.4 Å². The van der Waals surface area contributed by atoms with E-state index >= 15 is 0 Å². The summed E-state index contributed by atoms with van der Waals surface area (Å²) in [5.74, 6) is 0. The number of hydrogen-bond acceptors (Lipinski definition) is 4. The van der Waals surface area contributed by atoms with Crippen LogP contribution in [0.5, 0.6) is 0 Å². The van der Waals surface area contributed by atoms with E-state index in [1.165, 1.54) is 0 Å². The number of rotatable bonds is 4. The molecule has 1 aliphatic rings. The molecule has 1 aliphatic heterocycles. The maximum absolute atomic E-state index is 5.02. The predicted molar refractivity (Wildman–Crippen MR) is 42.0 cm³/mol. The van der Waals surface area contributed by atoms with Crippen molar-refractivity contribution in [3.8, 4) is 0 Å². The van der Waals surface area contributed by atoms with Gasteiger partial charge in [-0.15, -0.1) is 0 Å². The zero-order valence-electron chi connectivity index (χ0n) is 7.17. The van der Waals surface area contributed by atoms with Gasteiger partial charge in [-0.1, -0.05) is 0 Å². The van der Waals surface area contributed by atoms with Crippen molar-refractivity contribution < 1.29 is 9.47 Å². The highest BCUT2D eigenvalue weighted by atomic mass is 16.5. The van der Waals surface area contributed by atoms with Crippen molar-refractivity contribution in [1.82, 2.24) is 10.4 Å². The highest BCUT2D eigenvalue weighted by molar-refractivity contribution is 4.72. The molecule has 0 unspecified atom stereocenters. The average molecular weight is 160 g/mol. The Morgan fingerprint density at radius 3 is 2.91 bits per heavy atom. The molecular weight excluding hydrogens is 144 g/mol. The number of ether oxygens (including phenoxy) is 2.